The van der Waals surface area contributed by atoms with Gasteiger partial charge in [-0.25, -0.2) is 4.39 Å². The first-order valence-corrected chi connectivity index (χ1v) is 7.22. The second-order valence-corrected chi connectivity index (χ2v) is 5.99. The van der Waals surface area contributed by atoms with Crippen molar-refractivity contribution in [2.75, 3.05) is 4.90 Å². The van der Waals surface area contributed by atoms with Gasteiger partial charge in [0.15, 0.2) is 0 Å². The lowest BCUT2D eigenvalue weighted by Gasteiger charge is -2.45. The van der Waals surface area contributed by atoms with E-state index in [1.807, 2.05) is 20.8 Å². The van der Waals surface area contributed by atoms with E-state index in [1.54, 1.807) is 19.1 Å². The van der Waals surface area contributed by atoms with Gasteiger partial charge in [0.05, 0.1) is 5.69 Å². The molecule has 1 saturated heterocycles. The number of nitrogens with zero attached hydrogens (tertiary/aromatic N) is 1. The van der Waals surface area contributed by atoms with Gasteiger partial charge in [0.1, 0.15) is 17.4 Å². The molecule has 0 aromatic heterocycles. The number of amides is 2. The zero-order valence-corrected chi connectivity index (χ0v) is 12.8. The van der Waals surface area contributed by atoms with E-state index < -0.39 is 17.4 Å². The number of piperazine rings is 1. The van der Waals surface area contributed by atoms with E-state index in [0.29, 0.717) is 6.42 Å². The van der Waals surface area contributed by atoms with Gasteiger partial charge in [0, 0.05) is 0 Å². The van der Waals surface area contributed by atoms with Crippen molar-refractivity contribution in [1.82, 2.24) is 5.32 Å². The molecule has 1 fully saturated rings. The van der Waals surface area contributed by atoms with Gasteiger partial charge in [-0.05, 0) is 31.4 Å². The van der Waals surface area contributed by atoms with E-state index in [-0.39, 0.29) is 23.4 Å². The predicted octanol–water partition coefficient (Wildman–Crippen LogP) is 2.48. The van der Waals surface area contributed by atoms with Crippen LogP contribution >= 0.6 is 0 Å². The summed E-state index contributed by atoms with van der Waals surface area (Å²) in [6.07, 6.45) is 0.452. The quantitative estimate of drug-likeness (QED) is 0.930. The first-order chi connectivity index (χ1) is 9.81. The van der Waals surface area contributed by atoms with Crippen LogP contribution in [0.4, 0.5) is 10.1 Å². The number of hydrogen-bond donors (Lipinski definition) is 1. The summed E-state index contributed by atoms with van der Waals surface area (Å²) in [6.45, 7) is 7.20. The Hall–Kier alpha value is -1.91. The van der Waals surface area contributed by atoms with Gasteiger partial charge in [-0.15, -0.1) is 0 Å². The van der Waals surface area contributed by atoms with Crippen LogP contribution in [0.2, 0.25) is 0 Å². The van der Waals surface area contributed by atoms with Gasteiger partial charge >= 0.3 is 0 Å². The Kier molecular flexibility index (Phi) is 4.03. The molecule has 1 N–H and O–H groups in total. The number of carbonyl (C=O) groups excluding carboxylic acids is 2. The Morgan fingerprint density at radius 2 is 1.95 bits per heavy atom. The molecule has 5 heteroatoms. The maximum Gasteiger partial charge on any atom is 0.253 e. The summed E-state index contributed by atoms with van der Waals surface area (Å²) in [5.74, 6) is -1.12. The van der Waals surface area contributed by atoms with Crippen LogP contribution in [0.15, 0.2) is 24.3 Å². The summed E-state index contributed by atoms with van der Waals surface area (Å²) >= 11 is 0. The first kappa shape index (κ1) is 15.5. The van der Waals surface area contributed by atoms with Crippen LogP contribution in [0, 0.1) is 11.7 Å². The molecule has 0 radical (unpaired) electrons. The molecule has 2 unspecified atom stereocenters. The molecule has 1 heterocycles. The number of benzene rings is 1. The highest BCUT2D eigenvalue weighted by molar-refractivity contribution is 6.10. The predicted molar refractivity (Wildman–Crippen MR) is 79.4 cm³/mol. The summed E-state index contributed by atoms with van der Waals surface area (Å²) in [4.78, 5) is 26.6. The van der Waals surface area contributed by atoms with Gasteiger partial charge < -0.3 is 5.32 Å². The summed E-state index contributed by atoms with van der Waals surface area (Å²) in [5, 5.41) is 2.79. The Morgan fingerprint density at radius 3 is 2.48 bits per heavy atom. The van der Waals surface area contributed by atoms with Crippen molar-refractivity contribution in [3.8, 4) is 0 Å². The van der Waals surface area contributed by atoms with Crippen molar-refractivity contribution in [2.24, 2.45) is 5.92 Å². The van der Waals surface area contributed by atoms with Crippen LogP contribution in [0.25, 0.3) is 0 Å². The summed E-state index contributed by atoms with van der Waals surface area (Å²) in [7, 11) is 0. The van der Waals surface area contributed by atoms with Gasteiger partial charge in [-0.2, -0.15) is 0 Å². The average Bonchev–Trinajstić information content (AvgIpc) is 2.43. The fourth-order valence-electron chi connectivity index (χ4n) is 2.66. The zero-order chi connectivity index (χ0) is 15.8. The third-order valence-corrected chi connectivity index (χ3v) is 4.09. The molecule has 114 valence electrons. The van der Waals surface area contributed by atoms with E-state index in [1.165, 1.54) is 17.0 Å². The van der Waals surface area contributed by atoms with Gasteiger partial charge in [-0.3, -0.25) is 14.5 Å². The molecule has 4 nitrogen and oxygen atoms in total. The van der Waals surface area contributed by atoms with Crippen molar-refractivity contribution in [2.45, 2.75) is 45.7 Å². The minimum absolute atomic E-state index is 0.116. The zero-order valence-electron chi connectivity index (χ0n) is 12.8. The number of para-hydroxylation sites is 1. The van der Waals surface area contributed by atoms with Crippen molar-refractivity contribution < 1.29 is 14.0 Å². The van der Waals surface area contributed by atoms with Crippen LogP contribution in [-0.4, -0.2) is 23.4 Å². The van der Waals surface area contributed by atoms with Gasteiger partial charge in [0.2, 0.25) is 5.91 Å². The normalized spacial score (nSPS) is 26.2. The highest BCUT2D eigenvalue weighted by atomic mass is 19.1. The maximum absolute atomic E-state index is 14.1. The van der Waals surface area contributed by atoms with E-state index in [9.17, 15) is 14.0 Å². The third-order valence-electron chi connectivity index (χ3n) is 4.09. The average molecular weight is 292 g/mol. The molecule has 1 aromatic carbocycles. The minimum Gasteiger partial charge on any atom is -0.340 e. The maximum atomic E-state index is 14.1. The fraction of sp³-hybridized carbons (Fsp3) is 0.500. The standard InChI is InChI=1S/C16H21FN2O2/c1-5-16(4)15(21)19(12-9-7-6-8-11(12)17)13(10(2)3)14(20)18-16/h6-10,13H,5H2,1-4H3,(H,18,20). The van der Waals surface area contributed by atoms with E-state index in [2.05, 4.69) is 5.32 Å². The molecule has 1 aliphatic rings. The van der Waals surface area contributed by atoms with Crippen molar-refractivity contribution in [3.05, 3.63) is 30.1 Å². The third kappa shape index (κ3) is 2.52. The van der Waals surface area contributed by atoms with Crippen molar-refractivity contribution in [1.29, 1.82) is 0 Å². The molecule has 21 heavy (non-hydrogen) atoms. The topological polar surface area (TPSA) is 49.4 Å². The smallest absolute Gasteiger partial charge is 0.253 e. The van der Waals surface area contributed by atoms with Crippen LogP contribution < -0.4 is 10.2 Å². The van der Waals surface area contributed by atoms with Gasteiger partial charge in [-0.1, -0.05) is 32.9 Å². The second kappa shape index (κ2) is 5.47. The molecule has 2 rings (SSSR count). The van der Waals surface area contributed by atoms with E-state index in [0.717, 1.165) is 0 Å². The molecule has 0 bridgehead atoms. The van der Waals surface area contributed by atoms with E-state index >= 15 is 0 Å². The Balaban J connectivity index is 2.57. The number of nitrogens with one attached hydrogen (secondary N) is 1. The molecule has 2 amide bonds. The highest BCUT2D eigenvalue weighted by Gasteiger charge is 2.49. The minimum atomic E-state index is -0.995. The molecular formula is C16H21FN2O2. The number of hydrogen-bond acceptors (Lipinski definition) is 2. The lowest BCUT2D eigenvalue weighted by Crippen LogP contribution is -2.70. The fourth-order valence-corrected chi connectivity index (χ4v) is 2.66. The molecule has 0 saturated carbocycles. The first-order valence-electron chi connectivity index (χ1n) is 7.22. The van der Waals surface area contributed by atoms with E-state index in [4.69, 9.17) is 0 Å². The van der Waals surface area contributed by atoms with Crippen LogP contribution in [0.3, 0.4) is 0 Å². The summed E-state index contributed by atoms with van der Waals surface area (Å²) < 4.78 is 14.1. The summed E-state index contributed by atoms with van der Waals surface area (Å²) in [6, 6.07) is 5.37. The SMILES string of the molecule is CCC1(C)NC(=O)C(C(C)C)N(c2ccccc2F)C1=O. The lowest BCUT2D eigenvalue weighted by molar-refractivity contribution is -0.138. The highest BCUT2D eigenvalue weighted by Crippen LogP contribution is 2.31. The largest absolute Gasteiger partial charge is 0.340 e. The molecule has 2 atom stereocenters. The van der Waals surface area contributed by atoms with Crippen LogP contribution in [0.5, 0.6) is 0 Å². The van der Waals surface area contributed by atoms with Crippen molar-refractivity contribution in [3.63, 3.8) is 0 Å². The number of rotatable bonds is 3. The van der Waals surface area contributed by atoms with Crippen LogP contribution in [0.1, 0.15) is 34.1 Å². The molecule has 1 aliphatic heterocycles. The Morgan fingerprint density at radius 1 is 1.33 bits per heavy atom. The van der Waals surface area contributed by atoms with Crippen molar-refractivity contribution >= 4 is 17.5 Å². The molecule has 0 aliphatic carbocycles. The summed E-state index contributed by atoms with van der Waals surface area (Å²) in [5.41, 5.74) is -0.833. The molecule has 0 spiro atoms. The Bertz CT molecular complexity index is 573. The number of halogens is 1. The molecule has 1 aromatic rings. The monoisotopic (exact) mass is 292 g/mol. The molecular weight excluding hydrogens is 271 g/mol. The lowest BCUT2D eigenvalue weighted by atomic mass is 9.88. The Labute approximate surface area is 124 Å². The number of carbonyl (C=O) groups is 2. The second-order valence-electron chi connectivity index (χ2n) is 5.99. The van der Waals surface area contributed by atoms with Crippen LogP contribution in [-0.2, 0) is 9.59 Å². The number of anilines is 1. The van der Waals surface area contributed by atoms with Gasteiger partial charge in [0.25, 0.3) is 5.91 Å².